The summed E-state index contributed by atoms with van der Waals surface area (Å²) in [6, 6.07) is 16.2. The van der Waals surface area contributed by atoms with Crippen LogP contribution in [0, 0.1) is 0 Å². The number of carbonyl (C=O) groups is 2. The van der Waals surface area contributed by atoms with Crippen LogP contribution in [0.3, 0.4) is 0 Å². The molecule has 3 rings (SSSR count). The third-order valence-electron chi connectivity index (χ3n) is 6.64. The van der Waals surface area contributed by atoms with Crippen LogP contribution in [0.25, 0.3) is 10.8 Å². The molecule has 7 nitrogen and oxygen atoms in total. The van der Waals surface area contributed by atoms with E-state index in [1.807, 2.05) is 30.3 Å². The highest BCUT2D eigenvalue weighted by atomic mass is 16.5. The van der Waals surface area contributed by atoms with Gasteiger partial charge in [-0.2, -0.15) is 5.10 Å². The van der Waals surface area contributed by atoms with E-state index in [0.29, 0.717) is 34.8 Å². The smallest absolute Gasteiger partial charge is 0.343 e. The topological polar surface area (TPSA) is 86.2 Å². The van der Waals surface area contributed by atoms with Gasteiger partial charge in [0, 0.05) is 12.0 Å². The summed E-state index contributed by atoms with van der Waals surface area (Å²) in [6.45, 7) is 2.23. The van der Waals surface area contributed by atoms with Crippen molar-refractivity contribution >= 4 is 28.9 Å². The fourth-order valence-electron chi connectivity index (χ4n) is 4.44. The van der Waals surface area contributed by atoms with Crippen molar-refractivity contribution in [3.8, 4) is 17.2 Å². The van der Waals surface area contributed by atoms with Gasteiger partial charge in [-0.15, -0.1) is 0 Å². The number of hydrogen-bond acceptors (Lipinski definition) is 6. The molecule has 0 fully saturated rings. The Bertz CT molecular complexity index is 1250. The lowest BCUT2D eigenvalue weighted by atomic mass is 10.0. The van der Waals surface area contributed by atoms with Crippen LogP contribution in [0.4, 0.5) is 0 Å². The molecule has 3 aromatic rings. The first-order valence-electron chi connectivity index (χ1n) is 13.8. The van der Waals surface area contributed by atoms with E-state index in [1.165, 1.54) is 59.0 Å². The van der Waals surface area contributed by atoms with E-state index in [9.17, 15) is 9.59 Å². The average Bonchev–Trinajstić information content (AvgIpc) is 2.96. The van der Waals surface area contributed by atoms with E-state index in [4.69, 9.17) is 14.2 Å². The molecule has 0 aromatic heterocycles. The van der Waals surface area contributed by atoms with Crippen molar-refractivity contribution in [2.75, 3.05) is 14.2 Å². The van der Waals surface area contributed by atoms with Gasteiger partial charge in [0.05, 0.1) is 26.0 Å². The minimum atomic E-state index is -0.546. The van der Waals surface area contributed by atoms with Crippen LogP contribution in [-0.4, -0.2) is 32.3 Å². The molecule has 0 aliphatic carbocycles. The second kappa shape index (κ2) is 16.2. The number of rotatable bonds is 16. The van der Waals surface area contributed by atoms with E-state index in [-0.39, 0.29) is 5.91 Å². The van der Waals surface area contributed by atoms with Crippen molar-refractivity contribution in [1.82, 2.24) is 5.43 Å². The van der Waals surface area contributed by atoms with E-state index >= 15 is 0 Å². The van der Waals surface area contributed by atoms with E-state index in [2.05, 4.69) is 17.5 Å². The highest BCUT2D eigenvalue weighted by Crippen LogP contribution is 2.30. The molecule has 3 aromatic carbocycles. The lowest BCUT2D eigenvalue weighted by Gasteiger charge is -2.12. The summed E-state index contributed by atoms with van der Waals surface area (Å²) in [6.07, 6.45) is 12.8. The van der Waals surface area contributed by atoms with E-state index in [0.717, 1.165) is 30.0 Å². The minimum absolute atomic E-state index is 0.127. The van der Waals surface area contributed by atoms with Gasteiger partial charge in [-0.25, -0.2) is 10.2 Å². The van der Waals surface area contributed by atoms with Gasteiger partial charge in [0.2, 0.25) is 5.91 Å². The normalized spacial score (nSPS) is 11.1. The van der Waals surface area contributed by atoms with Gasteiger partial charge < -0.3 is 14.2 Å². The zero-order chi connectivity index (χ0) is 27.9. The van der Waals surface area contributed by atoms with Gasteiger partial charge >= 0.3 is 5.97 Å². The Balaban J connectivity index is 1.61. The molecule has 39 heavy (non-hydrogen) atoms. The summed E-state index contributed by atoms with van der Waals surface area (Å²) in [5.41, 5.74) is 3.54. The summed E-state index contributed by atoms with van der Waals surface area (Å²) < 4.78 is 16.3. The van der Waals surface area contributed by atoms with E-state index in [1.54, 1.807) is 24.3 Å². The maximum Gasteiger partial charge on any atom is 0.343 e. The SMILES string of the molecule is CCCCCCCCCCCC(=O)N/N=C\c1c(OC(=O)c2ccc(OC)c(OC)c2)ccc2ccccc12. The Labute approximate surface area is 231 Å². The van der Waals surface area contributed by atoms with Gasteiger partial charge in [-0.3, -0.25) is 4.79 Å². The van der Waals surface area contributed by atoms with Crippen molar-refractivity contribution in [3.63, 3.8) is 0 Å². The Hall–Kier alpha value is -3.87. The molecule has 0 aliphatic rings. The highest BCUT2D eigenvalue weighted by Gasteiger charge is 2.16. The monoisotopic (exact) mass is 532 g/mol. The van der Waals surface area contributed by atoms with Crippen LogP contribution >= 0.6 is 0 Å². The summed E-state index contributed by atoms with van der Waals surface area (Å²) in [5.74, 6) is 0.617. The molecular formula is C32H40N2O5. The lowest BCUT2D eigenvalue weighted by Crippen LogP contribution is -2.17. The first-order chi connectivity index (χ1) is 19.1. The predicted octanol–water partition coefficient (Wildman–Crippen LogP) is 7.45. The zero-order valence-corrected chi connectivity index (χ0v) is 23.3. The molecule has 0 spiro atoms. The molecule has 0 saturated heterocycles. The van der Waals surface area contributed by atoms with Gasteiger partial charge in [-0.1, -0.05) is 88.6 Å². The Morgan fingerprint density at radius 1 is 0.795 bits per heavy atom. The number of hydrogen-bond donors (Lipinski definition) is 1. The number of benzene rings is 3. The second-order valence-electron chi connectivity index (χ2n) is 9.53. The van der Waals surface area contributed by atoms with Crippen molar-refractivity contribution in [2.24, 2.45) is 5.10 Å². The van der Waals surface area contributed by atoms with Crippen LogP contribution in [0.5, 0.6) is 17.2 Å². The average molecular weight is 533 g/mol. The Morgan fingerprint density at radius 3 is 2.18 bits per heavy atom. The van der Waals surface area contributed by atoms with Crippen molar-refractivity contribution in [3.05, 3.63) is 65.7 Å². The number of ether oxygens (including phenoxy) is 3. The van der Waals surface area contributed by atoms with Gasteiger partial charge in [0.25, 0.3) is 0 Å². The molecule has 0 aliphatic heterocycles. The third-order valence-corrected chi connectivity index (χ3v) is 6.64. The van der Waals surface area contributed by atoms with Crippen LogP contribution in [0.2, 0.25) is 0 Å². The number of nitrogens with zero attached hydrogens (tertiary/aromatic N) is 1. The predicted molar refractivity (Wildman–Crippen MR) is 156 cm³/mol. The fraction of sp³-hybridized carbons (Fsp3) is 0.406. The van der Waals surface area contributed by atoms with Crippen LogP contribution in [-0.2, 0) is 4.79 Å². The first-order valence-corrected chi connectivity index (χ1v) is 13.8. The maximum atomic E-state index is 13.0. The first kappa shape index (κ1) is 29.7. The second-order valence-corrected chi connectivity index (χ2v) is 9.53. The maximum absolute atomic E-state index is 13.0. The summed E-state index contributed by atoms with van der Waals surface area (Å²) in [4.78, 5) is 25.3. The molecule has 0 heterocycles. The van der Waals surface area contributed by atoms with Gasteiger partial charge in [0.15, 0.2) is 11.5 Å². The summed E-state index contributed by atoms with van der Waals surface area (Å²) >= 11 is 0. The standard InChI is InChI=1S/C32H40N2O5/c1-4-5-6-7-8-9-10-11-12-17-31(35)34-33-23-27-26-16-14-13-15-24(26)18-20-28(27)39-32(36)25-19-21-29(37-2)30(22-25)38-3/h13-16,18-23H,4-12,17H2,1-3H3,(H,34,35)/b33-23-. The molecule has 0 unspecified atom stereocenters. The fourth-order valence-corrected chi connectivity index (χ4v) is 4.44. The number of nitrogens with one attached hydrogen (secondary N) is 1. The van der Waals surface area contributed by atoms with Gasteiger partial charge in [0.1, 0.15) is 5.75 Å². The zero-order valence-electron chi connectivity index (χ0n) is 23.3. The molecule has 7 heteroatoms. The number of fused-ring (bicyclic) bond motifs is 1. The number of unbranched alkanes of at least 4 members (excludes halogenated alkanes) is 8. The van der Waals surface area contributed by atoms with Gasteiger partial charge in [-0.05, 0) is 41.5 Å². The largest absolute Gasteiger partial charge is 0.493 e. The molecule has 1 N–H and O–H groups in total. The van der Waals surface area contributed by atoms with Crippen LogP contribution in [0.15, 0.2) is 59.7 Å². The van der Waals surface area contributed by atoms with Crippen LogP contribution < -0.4 is 19.6 Å². The highest BCUT2D eigenvalue weighted by molar-refractivity contribution is 6.04. The molecule has 1 amide bonds. The third kappa shape index (κ3) is 9.13. The number of hydrazone groups is 1. The number of methoxy groups -OCH3 is 2. The Kier molecular flexibility index (Phi) is 12.3. The molecule has 0 radical (unpaired) electrons. The molecular weight excluding hydrogens is 492 g/mol. The van der Waals surface area contributed by atoms with Crippen molar-refractivity contribution < 1.29 is 23.8 Å². The Morgan fingerprint density at radius 2 is 1.46 bits per heavy atom. The molecule has 208 valence electrons. The molecule has 0 atom stereocenters. The minimum Gasteiger partial charge on any atom is -0.493 e. The van der Waals surface area contributed by atoms with E-state index < -0.39 is 5.97 Å². The summed E-state index contributed by atoms with van der Waals surface area (Å²) in [7, 11) is 3.04. The molecule has 0 saturated carbocycles. The van der Waals surface area contributed by atoms with Crippen molar-refractivity contribution in [1.29, 1.82) is 0 Å². The number of carbonyl (C=O) groups excluding carboxylic acids is 2. The summed E-state index contributed by atoms with van der Waals surface area (Å²) in [5, 5.41) is 6.00. The number of esters is 1. The lowest BCUT2D eigenvalue weighted by molar-refractivity contribution is -0.121. The van der Waals surface area contributed by atoms with Crippen LogP contribution in [0.1, 0.15) is 87.1 Å². The number of amides is 1. The van der Waals surface area contributed by atoms with Crippen molar-refractivity contribution in [2.45, 2.75) is 71.1 Å². The molecule has 0 bridgehead atoms. The quantitative estimate of drug-likeness (QED) is 0.0681.